The number of phenols is 1. The van der Waals surface area contributed by atoms with E-state index in [2.05, 4.69) is 0 Å². The van der Waals surface area contributed by atoms with Gasteiger partial charge in [-0.15, -0.1) is 0 Å². The van der Waals surface area contributed by atoms with E-state index in [-0.39, 0.29) is 5.02 Å². The summed E-state index contributed by atoms with van der Waals surface area (Å²) in [6.07, 6.45) is -4.60. The maximum atomic E-state index is 12.2. The first kappa shape index (κ1) is 11.1. The average Bonchev–Trinajstić information content (AvgIpc) is 2.06. The average molecular weight is 226 g/mol. The van der Waals surface area contributed by atoms with E-state index in [1.54, 1.807) is 0 Å². The van der Waals surface area contributed by atoms with Crippen LogP contribution in [0.1, 0.15) is 11.6 Å². The van der Waals surface area contributed by atoms with Crippen LogP contribution in [0.4, 0.5) is 13.2 Å². The number of rotatable bonds is 1. The van der Waals surface area contributed by atoms with Crippen LogP contribution in [0, 0.1) is 0 Å². The third-order valence-electron chi connectivity index (χ3n) is 1.68. The smallest absolute Gasteiger partial charge is 0.407 e. The molecule has 2 nitrogen and oxygen atoms in total. The van der Waals surface area contributed by atoms with Gasteiger partial charge in [0.2, 0.25) is 0 Å². The van der Waals surface area contributed by atoms with Gasteiger partial charge >= 0.3 is 6.18 Å². The van der Waals surface area contributed by atoms with Gasteiger partial charge in [-0.3, -0.25) is 0 Å². The van der Waals surface area contributed by atoms with Gasteiger partial charge in [-0.25, -0.2) is 0 Å². The molecule has 6 heteroatoms. The number of phenolic OH excluding ortho intramolecular Hbond substituents is 1. The topological polar surface area (TPSA) is 46.2 Å². The molecule has 0 unspecified atom stereocenters. The van der Waals surface area contributed by atoms with Gasteiger partial charge in [0.25, 0.3) is 0 Å². The minimum atomic E-state index is -4.60. The van der Waals surface area contributed by atoms with Crippen molar-refractivity contribution in [1.29, 1.82) is 0 Å². The summed E-state index contributed by atoms with van der Waals surface area (Å²) in [4.78, 5) is 0. The highest BCUT2D eigenvalue weighted by atomic mass is 35.5. The zero-order chi connectivity index (χ0) is 10.9. The number of aromatic hydroxyl groups is 1. The third-order valence-corrected chi connectivity index (χ3v) is 1.91. The standard InChI is InChI=1S/C8H7ClF3NO/c9-4-1-2-6(14)5(3-4)7(13)8(10,11)12/h1-3,7,14H,13H2/t7-/m0/s1. The quantitative estimate of drug-likeness (QED) is 0.772. The van der Waals surface area contributed by atoms with Gasteiger partial charge in [-0.2, -0.15) is 13.2 Å². The molecule has 0 aliphatic heterocycles. The lowest BCUT2D eigenvalue weighted by Gasteiger charge is -2.16. The third kappa shape index (κ3) is 2.30. The summed E-state index contributed by atoms with van der Waals surface area (Å²) < 4.78 is 36.5. The summed E-state index contributed by atoms with van der Waals surface area (Å²) in [5.74, 6) is -0.515. The minimum absolute atomic E-state index is 0.0949. The molecule has 0 radical (unpaired) electrons. The normalized spacial score (nSPS) is 14.1. The minimum Gasteiger partial charge on any atom is -0.508 e. The first-order valence-electron chi connectivity index (χ1n) is 3.63. The van der Waals surface area contributed by atoms with E-state index < -0.39 is 23.5 Å². The summed E-state index contributed by atoms with van der Waals surface area (Å²) in [6, 6.07) is 1.13. The Morgan fingerprint density at radius 2 is 1.93 bits per heavy atom. The molecular weight excluding hydrogens is 219 g/mol. The fraction of sp³-hybridized carbons (Fsp3) is 0.250. The van der Waals surface area contributed by atoms with Crippen molar-refractivity contribution < 1.29 is 18.3 Å². The predicted octanol–water partition coefficient (Wildman–Crippen LogP) is 2.61. The lowest BCUT2D eigenvalue weighted by atomic mass is 10.1. The van der Waals surface area contributed by atoms with Crippen LogP contribution in [0.25, 0.3) is 0 Å². The highest BCUT2D eigenvalue weighted by Crippen LogP contribution is 2.35. The van der Waals surface area contributed by atoms with E-state index in [1.807, 2.05) is 0 Å². The van der Waals surface area contributed by atoms with Gasteiger partial charge in [0.1, 0.15) is 11.8 Å². The van der Waals surface area contributed by atoms with Gasteiger partial charge < -0.3 is 10.8 Å². The van der Waals surface area contributed by atoms with Crippen LogP contribution in [0.3, 0.4) is 0 Å². The molecule has 1 aromatic rings. The summed E-state index contributed by atoms with van der Waals surface area (Å²) in [7, 11) is 0. The second-order valence-electron chi connectivity index (χ2n) is 2.72. The lowest BCUT2D eigenvalue weighted by molar-refractivity contribution is -0.149. The lowest BCUT2D eigenvalue weighted by Crippen LogP contribution is -2.28. The van der Waals surface area contributed by atoms with Gasteiger partial charge in [0, 0.05) is 10.6 Å². The molecule has 0 aromatic heterocycles. The largest absolute Gasteiger partial charge is 0.508 e. The van der Waals surface area contributed by atoms with Crippen molar-refractivity contribution in [2.75, 3.05) is 0 Å². The Labute approximate surface area is 83.1 Å². The molecule has 0 amide bonds. The van der Waals surface area contributed by atoms with E-state index in [9.17, 15) is 13.2 Å². The SMILES string of the molecule is N[C@@H](c1cc(Cl)ccc1O)C(F)(F)F. The van der Waals surface area contributed by atoms with E-state index >= 15 is 0 Å². The maximum Gasteiger partial charge on any atom is 0.407 e. The van der Waals surface area contributed by atoms with Crippen molar-refractivity contribution in [3.05, 3.63) is 28.8 Å². The fourth-order valence-corrected chi connectivity index (χ4v) is 1.13. The summed E-state index contributed by atoms with van der Waals surface area (Å²) >= 11 is 5.48. The molecule has 1 atom stereocenters. The van der Waals surface area contributed by atoms with Crippen LogP contribution in [-0.2, 0) is 0 Å². The Morgan fingerprint density at radius 3 is 2.43 bits per heavy atom. The summed E-state index contributed by atoms with van der Waals surface area (Å²) in [5, 5.41) is 9.22. The van der Waals surface area contributed by atoms with Crippen molar-refractivity contribution in [2.45, 2.75) is 12.2 Å². The molecule has 0 aliphatic carbocycles. The number of alkyl halides is 3. The number of halogens is 4. The monoisotopic (exact) mass is 225 g/mol. The first-order valence-corrected chi connectivity index (χ1v) is 4.01. The molecule has 3 N–H and O–H groups in total. The van der Waals surface area contributed by atoms with Crippen LogP contribution in [0.15, 0.2) is 18.2 Å². The number of benzene rings is 1. The van der Waals surface area contributed by atoms with E-state index in [0.717, 1.165) is 12.1 Å². The van der Waals surface area contributed by atoms with Crippen molar-refractivity contribution in [3.8, 4) is 5.75 Å². The molecule has 0 spiro atoms. The molecule has 78 valence electrons. The molecule has 0 bridgehead atoms. The Kier molecular flexibility index (Phi) is 2.92. The van der Waals surface area contributed by atoms with Crippen LogP contribution >= 0.6 is 11.6 Å². The summed E-state index contributed by atoms with van der Waals surface area (Å²) in [5.41, 5.74) is 4.47. The van der Waals surface area contributed by atoms with Gasteiger partial charge in [-0.05, 0) is 18.2 Å². The van der Waals surface area contributed by atoms with Gasteiger partial charge in [0.05, 0.1) is 0 Å². The Bertz CT molecular complexity index is 340. The number of nitrogens with two attached hydrogens (primary N) is 1. The Hall–Kier alpha value is -0.940. The van der Waals surface area contributed by atoms with Crippen molar-refractivity contribution >= 4 is 11.6 Å². The molecule has 1 rings (SSSR count). The zero-order valence-corrected chi connectivity index (χ0v) is 7.60. The van der Waals surface area contributed by atoms with Gasteiger partial charge in [-0.1, -0.05) is 11.6 Å². The predicted molar refractivity (Wildman–Crippen MR) is 46.1 cm³/mol. The number of hydrogen-bond donors (Lipinski definition) is 2. The molecule has 0 fully saturated rings. The molecule has 0 heterocycles. The maximum absolute atomic E-state index is 12.2. The molecular formula is C8H7ClF3NO. The Morgan fingerprint density at radius 1 is 1.36 bits per heavy atom. The fourth-order valence-electron chi connectivity index (χ4n) is 0.951. The van der Waals surface area contributed by atoms with Crippen molar-refractivity contribution in [3.63, 3.8) is 0 Å². The highest BCUT2D eigenvalue weighted by Gasteiger charge is 2.39. The van der Waals surface area contributed by atoms with E-state index in [4.69, 9.17) is 22.4 Å². The second kappa shape index (κ2) is 3.67. The summed E-state index contributed by atoms with van der Waals surface area (Å²) in [6.45, 7) is 0. The second-order valence-corrected chi connectivity index (χ2v) is 3.16. The highest BCUT2D eigenvalue weighted by molar-refractivity contribution is 6.30. The molecule has 0 saturated heterocycles. The van der Waals surface area contributed by atoms with Crippen LogP contribution in [0.5, 0.6) is 5.75 Å². The van der Waals surface area contributed by atoms with Gasteiger partial charge in [0.15, 0.2) is 0 Å². The molecule has 0 aliphatic rings. The van der Waals surface area contributed by atoms with Crippen LogP contribution in [0.2, 0.25) is 5.02 Å². The van der Waals surface area contributed by atoms with Crippen molar-refractivity contribution in [2.24, 2.45) is 5.73 Å². The number of hydrogen-bond acceptors (Lipinski definition) is 2. The van der Waals surface area contributed by atoms with Crippen LogP contribution in [-0.4, -0.2) is 11.3 Å². The van der Waals surface area contributed by atoms with Crippen LogP contribution < -0.4 is 5.73 Å². The van der Waals surface area contributed by atoms with E-state index in [0.29, 0.717) is 0 Å². The first-order chi connectivity index (χ1) is 6.32. The molecule has 1 aromatic carbocycles. The van der Waals surface area contributed by atoms with Crippen molar-refractivity contribution in [1.82, 2.24) is 0 Å². The molecule has 0 saturated carbocycles. The molecule has 14 heavy (non-hydrogen) atoms. The zero-order valence-electron chi connectivity index (χ0n) is 6.85. The Balaban J connectivity index is 3.12. The van der Waals surface area contributed by atoms with E-state index in [1.165, 1.54) is 6.07 Å².